The first-order valence-corrected chi connectivity index (χ1v) is 13.7. The molecule has 0 spiro atoms. The smallest absolute Gasteiger partial charge is 0.319 e. The number of aromatic nitrogens is 2. The summed E-state index contributed by atoms with van der Waals surface area (Å²) in [5.41, 5.74) is 2.92. The lowest BCUT2D eigenvalue weighted by atomic mass is 10.0. The number of halogens is 2. The van der Waals surface area contributed by atoms with Crippen LogP contribution in [0.2, 0.25) is 10.0 Å². The molecule has 0 radical (unpaired) electrons. The van der Waals surface area contributed by atoms with Gasteiger partial charge in [-0.3, -0.25) is 0 Å². The number of urea groups is 1. The molecule has 3 heterocycles. The van der Waals surface area contributed by atoms with Crippen LogP contribution in [0, 0.1) is 0 Å². The lowest BCUT2D eigenvalue weighted by Gasteiger charge is -2.41. The van der Waals surface area contributed by atoms with Crippen LogP contribution in [0.4, 0.5) is 10.5 Å². The van der Waals surface area contributed by atoms with E-state index in [1.807, 2.05) is 21.7 Å². The fourth-order valence-electron chi connectivity index (χ4n) is 4.85. The van der Waals surface area contributed by atoms with E-state index in [1.54, 1.807) is 43.7 Å². The Labute approximate surface area is 238 Å². The summed E-state index contributed by atoms with van der Waals surface area (Å²) in [5.74, 6) is -1.08. The number of nitrogens with zero attached hydrogens (tertiary/aromatic N) is 5. The molecule has 2 aliphatic heterocycles. The van der Waals surface area contributed by atoms with Gasteiger partial charge in [0.2, 0.25) is 5.79 Å². The zero-order valence-electron chi connectivity index (χ0n) is 22.1. The summed E-state index contributed by atoms with van der Waals surface area (Å²) >= 11 is 12.7. The van der Waals surface area contributed by atoms with E-state index in [1.165, 1.54) is 0 Å². The molecule has 208 valence electrons. The second kappa shape index (κ2) is 12.1. The van der Waals surface area contributed by atoms with Crippen molar-refractivity contribution in [1.29, 1.82) is 0 Å². The highest BCUT2D eigenvalue weighted by Gasteiger charge is 2.42. The maximum atomic E-state index is 12.2. The number of hydrogen-bond donors (Lipinski definition) is 0. The van der Waals surface area contributed by atoms with Gasteiger partial charge in [0, 0.05) is 68.9 Å². The van der Waals surface area contributed by atoms with E-state index in [-0.39, 0.29) is 12.1 Å². The molecule has 3 aromatic rings. The molecular formula is C28H33Cl2N5O4. The van der Waals surface area contributed by atoms with Crippen molar-refractivity contribution in [2.24, 2.45) is 0 Å². The molecular weight excluding hydrogens is 541 g/mol. The summed E-state index contributed by atoms with van der Waals surface area (Å²) in [4.78, 5) is 22.1. The van der Waals surface area contributed by atoms with Gasteiger partial charge in [-0.1, -0.05) is 41.4 Å². The second-order valence-electron chi connectivity index (χ2n) is 9.98. The van der Waals surface area contributed by atoms with Gasteiger partial charge in [-0.25, -0.2) is 9.78 Å². The molecule has 0 saturated carbocycles. The number of anilines is 1. The van der Waals surface area contributed by atoms with Gasteiger partial charge < -0.3 is 33.5 Å². The first-order valence-electron chi connectivity index (χ1n) is 12.9. The number of piperazine rings is 1. The maximum Gasteiger partial charge on any atom is 0.319 e. The first kappa shape index (κ1) is 27.7. The molecule has 0 aliphatic carbocycles. The van der Waals surface area contributed by atoms with Gasteiger partial charge in [-0.2, -0.15) is 0 Å². The lowest BCUT2D eigenvalue weighted by molar-refractivity contribution is -0.313. The van der Waals surface area contributed by atoms with Crippen molar-refractivity contribution in [2.45, 2.75) is 25.0 Å². The summed E-state index contributed by atoms with van der Waals surface area (Å²) in [6, 6.07) is 13.7. The number of amides is 2. The maximum absolute atomic E-state index is 12.2. The zero-order chi connectivity index (χ0) is 27.4. The standard InChI is InChI=1S/C28H33Cl2N5O4/c1-32(2)27(36)35-13-11-34(12-14-35)23-6-3-21(4-7-23)16-37-24-17-38-28(39-18-24,19-33-10-9-31-20-33)25-8-5-22(29)15-26(25)30/h3-10,15,20,24H,11-14,16-19H2,1-2H3/t24-,28+. The van der Waals surface area contributed by atoms with Crippen LogP contribution in [0.25, 0.3) is 0 Å². The number of imidazole rings is 1. The number of carbonyl (C=O) groups is 1. The fraction of sp³-hybridized carbons (Fsp3) is 0.429. The van der Waals surface area contributed by atoms with E-state index in [0.717, 1.165) is 24.3 Å². The Morgan fingerprint density at radius 2 is 1.79 bits per heavy atom. The third-order valence-corrected chi connectivity index (χ3v) is 7.56. The molecule has 2 fully saturated rings. The average Bonchev–Trinajstić information content (AvgIpc) is 3.45. The van der Waals surface area contributed by atoms with Crippen molar-refractivity contribution in [2.75, 3.05) is 58.4 Å². The van der Waals surface area contributed by atoms with Crippen LogP contribution in [0.1, 0.15) is 11.1 Å². The third kappa shape index (κ3) is 6.50. The Hall–Kier alpha value is -2.82. The number of rotatable bonds is 7. The molecule has 0 unspecified atom stereocenters. The van der Waals surface area contributed by atoms with E-state index in [2.05, 4.69) is 34.1 Å². The zero-order valence-corrected chi connectivity index (χ0v) is 23.6. The summed E-state index contributed by atoms with van der Waals surface area (Å²) in [6.45, 7) is 4.58. The minimum absolute atomic E-state index is 0.0630. The van der Waals surface area contributed by atoms with Gasteiger partial charge in [0.05, 0.1) is 37.7 Å². The largest absolute Gasteiger partial charge is 0.369 e. The van der Waals surface area contributed by atoms with Gasteiger partial charge in [-0.15, -0.1) is 0 Å². The normalized spacial score (nSPS) is 21.7. The predicted molar refractivity (Wildman–Crippen MR) is 150 cm³/mol. The van der Waals surface area contributed by atoms with Crippen molar-refractivity contribution in [1.82, 2.24) is 19.4 Å². The second-order valence-corrected chi connectivity index (χ2v) is 10.8. The van der Waals surface area contributed by atoms with Crippen LogP contribution in [0.15, 0.2) is 61.2 Å². The minimum atomic E-state index is -1.08. The molecule has 11 heteroatoms. The van der Waals surface area contributed by atoms with Gasteiger partial charge in [0.15, 0.2) is 0 Å². The Bertz CT molecular complexity index is 1240. The van der Waals surface area contributed by atoms with Gasteiger partial charge in [-0.05, 0) is 29.8 Å². The number of ether oxygens (including phenoxy) is 3. The molecule has 0 N–H and O–H groups in total. The lowest BCUT2D eigenvalue weighted by Crippen LogP contribution is -2.51. The topological polar surface area (TPSA) is 72.3 Å². The average molecular weight is 575 g/mol. The molecule has 5 rings (SSSR count). The van der Waals surface area contributed by atoms with E-state index >= 15 is 0 Å². The Kier molecular flexibility index (Phi) is 8.64. The molecule has 39 heavy (non-hydrogen) atoms. The van der Waals surface area contributed by atoms with Crippen LogP contribution in [0.3, 0.4) is 0 Å². The molecule has 0 bridgehead atoms. The fourth-order valence-corrected chi connectivity index (χ4v) is 5.40. The molecule has 2 amide bonds. The number of hydrogen-bond acceptors (Lipinski definition) is 6. The molecule has 2 saturated heterocycles. The van der Waals surface area contributed by atoms with Crippen molar-refractivity contribution in [3.05, 3.63) is 82.4 Å². The molecule has 2 aromatic carbocycles. The monoisotopic (exact) mass is 573 g/mol. The number of benzene rings is 2. The summed E-state index contributed by atoms with van der Waals surface area (Å²) in [7, 11) is 3.57. The molecule has 0 atom stereocenters. The Morgan fingerprint density at radius 1 is 1.08 bits per heavy atom. The van der Waals surface area contributed by atoms with Crippen LogP contribution in [-0.4, -0.2) is 85.0 Å². The highest BCUT2D eigenvalue weighted by atomic mass is 35.5. The molecule has 2 aliphatic rings. The van der Waals surface area contributed by atoms with Crippen LogP contribution in [0.5, 0.6) is 0 Å². The minimum Gasteiger partial charge on any atom is -0.369 e. The van der Waals surface area contributed by atoms with E-state index < -0.39 is 5.79 Å². The quantitative estimate of drug-likeness (QED) is 0.415. The summed E-state index contributed by atoms with van der Waals surface area (Å²) in [5, 5.41) is 1.03. The third-order valence-electron chi connectivity index (χ3n) is 7.02. The van der Waals surface area contributed by atoms with Crippen LogP contribution in [-0.2, 0) is 33.1 Å². The van der Waals surface area contributed by atoms with Gasteiger partial charge >= 0.3 is 6.03 Å². The van der Waals surface area contributed by atoms with Gasteiger partial charge in [0.1, 0.15) is 6.10 Å². The first-order chi connectivity index (χ1) is 18.8. The highest BCUT2D eigenvalue weighted by molar-refractivity contribution is 6.35. The van der Waals surface area contributed by atoms with Crippen molar-refractivity contribution in [3.8, 4) is 0 Å². The summed E-state index contributed by atoms with van der Waals surface area (Å²) in [6.07, 6.45) is 5.05. The van der Waals surface area contributed by atoms with Crippen molar-refractivity contribution >= 4 is 34.9 Å². The van der Waals surface area contributed by atoms with Crippen LogP contribution < -0.4 is 4.90 Å². The molecule has 9 nitrogen and oxygen atoms in total. The van der Waals surface area contributed by atoms with E-state index in [4.69, 9.17) is 37.4 Å². The Morgan fingerprint density at radius 3 is 2.41 bits per heavy atom. The van der Waals surface area contributed by atoms with E-state index in [9.17, 15) is 4.79 Å². The van der Waals surface area contributed by atoms with E-state index in [0.29, 0.717) is 55.1 Å². The van der Waals surface area contributed by atoms with Gasteiger partial charge in [0.25, 0.3) is 0 Å². The van der Waals surface area contributed by atoms with Crippen molar-refractivity contribution < 1.29 is 19.0 Å². The highest BCUT2D eigenvalue weighted by Crippen LogP contribution is 2.38. The number of carbonyl (C=O) groups excluding carboxylic acids is 1. The molecule has 1 aromatic heterocycles. The van der Waals surface area contributed by atoms with Crippen LogP contribution >= 0.6 is 23.2 Å². The Balaban J connectivity index is 1.15. The SMILES string of the molecule is CN(C)C(=O)N1CCN(c2ccc(CO[C@H]3CO[C@@](Cn4ccnc4)(c4ccc(Cl)cc4Cl)OC3)cc2)CC1. The predicted octanol–water partition coefficient (Wildman–Crippen LogP) is 4.48. The summed E-state index contributed by atoms with van der Waals surface area (Å²) < 4.78 is 20.7. The van der Waals surface area contributed by atoms with Crippen molar-refractivity contribution in [3.63, 3.8) is 0 Å².